The van der Waals surface area contributed by atoms with E-state index in [-0.39, 0.29) is 54.7 Å². The minimum atomic E-state index is -0.497. The van der Waals surface area contributed by atoms with Gasteiger partial charge in [0.1, 0.15) is 0 Å². The molecule has 10 nitrogen and oxygen atoms in total. The molecule has 0 bridgehead atoms. The molecule has 2 heterocycles. The molecule has 1 saturated heterocycles. The first-order chi connectivity index (χ1) is 20.5. The van der Waals surface area contributed by atoms with E-state index in [1.54, 1.807) is 21.1 Å². The van der Waals surface area contributed by atoms with E-state index in [1.165, 1.54) is 14.0 Å². The Morgan fingerprint density at radius 3 is 2.26 bits per heavy atom. The molecule has 1 fully saturated rings. The highest BCUT2D eigenvalue weighted by atomic mass is 16.7. The summed E-state index contributed by atoms with van der Waals surface area (Å²) in [6, 6.07) is 1.33. The number of nitrogens with one attached hydrogen (secondary N) is 1. The molecule has 4 atom stereocenters. The Morgan fingerprint density at radius 2 is 1.70 bits per heavy atom. The molecule has 238 valence electrons. The summed E-state index contributed by atoms with van der Waals surface area (Å²) in [7, 11) is 6.73. The zero-order valence-corrected chi connectivity index (χ0v) is 27.7. The van der Waals surface area contributed by atoms with Crippen LogP contribution in [0.2, 0.25) is 0 Å². The molecule has 2 aliphatic heterocycles. The van der Waals surface area contributed by atoms with Gasteiger partial charge in [0.15, 0.2) is 29.8 Å². The van der Waals surface area contributed by atoms with Gasteiger partial charge in [-0.2, -0.15) is 0 Å². The molecule has 0 aromatic heterocycles. The second-order valence-electron chi connectivity index (χ2n) is 11.1. The van der Waals surface area contributed by atoms with Gasteiger partial charge >= 0.3 is 0 Å². The maximum Gasteiger partial charge on any atom is 0.226 e. The van der Waals surface area contributed by atoms with Gasteiger partial charge in [0.05, 0.1) is 26.3 Å². The van der Waals surface area contributed by atoms with Crippen LogP contribution >= 0.6 is 0 Å². The topological polar surface area (TPSA) is 107 Å². The summed E-state index contributed by atoms with van der Waals surface area (Å²) < 4.78 is 22.8. The Bertz CT molecular complexity index is 1300. The molecule has 1 unspecified atom stereocenters. The Morgan fingerprint density at radius 1 is 1.02 bits per heavy atom. The third kappa shape index (κ3) is 6.23. The number of carbonyl (C=O) groups is 3. The van der Waals surface area contributed by atoms with Crippen LogP contribution in [0.1, 0.15) is 70.2 Å². The van der Waals surface area contributed by atoms with Gasteiger partial charge in [-0.05, 0) is 51.8 Å². The van der Waals surface area contributed by atoms with Crippen molar-refractivity contribution in [2.24, 2.45) is 0 Å². The minimum Gasteiger partial charge on any atom is -0.493 e. The summed E-state index contributed by atoms with van der Waals surface area (Å²) in [5.74, 6) is 0.662. The summed E-state index contributed by atoms with van der Waals surface area (Å²) in [5.41, 5.74) is 4.17. The lowest BCUT2D eigenvalue weighted by Crippen LogP contribution is -2.65. The molecule has 1 aliphatic carbocycles. The highest BCUT2D eigenvalue weighted by Crippen LogP contribution is 2.50. The Kier molecular flexibility index (Phi) is 11.6. The van der Waals surface area contributed by atoms with Gasteiger partial charge in [0, 0.05) is 61.5 Å². The van der Waals surface area contributed by atoms with Crippen molar-refractivity contribution in [3.63, 3.8) is 0 Å². The number of fused-ring (bicyclic) bond motifs is 1. The number of likely N-dealkylation sites (N-methyl/N-ethyl adjacent to an activating group) is 1. The number of amides is 1. The second-order valence-corrected chi connectivity index (χ2v) is 11.1. The van der Waals surface area contributed by atoms with Crippen LogP contribution in [0.5, 0.6) is 11.5 Å². The molecule has 0 saturated carbocycles. The first kappa shape index (κ1) is 34.3. The number of carbonyl (C=O) groups excluding carboxylic acids is 3. The molecule has 1 aromatic carbocycles. The number of nitrogens with zero attached hydrogens (tertiary/aromatic N) is 2. The van der Waals surface area contributed by atoms with E-state index < -0.39 is 6.04 Å². The molecular formula is C33H49N3O7. The first-order valence-corrected chi connectivity index (χ1v) is 15.1. The van der Waals surface area contributed by atoms with Crippen LogP contribution < -0.4 is 14.8 Å². The number of piperazine rings is 1. The summed E-state index contributed by atoms with van der Waals surface area (Å²) in [4.78, 5) is 44.3. The van der Waals surface area contributed by atoms with Crippen molar-refractivity contribution in [3.05, 3.63) is 45.2 Å². The van der Waals surface area contributed by atoms with Gasteiger partial charge in [-0.15, -0.1) is 0 Å². The molecule has 3 aliphatic rings. The number of hydrogen-bond donors (Lipinski definition) is 1. The van der Waals surface area contributed by atoms with Gasteiger partial charge in [-0.1, -0.05) is 26.8 Å². The van der Waals surface area contributed by atoms with Gasteiger partial charge < -0.3 is 24.3 Å². The largest absolute Gasteiger partial charge is 0.493 e. The summed E-state index contributed by atoms with van der Waals surface area (Å²) in [5, 5.41) is 2.93. The third-order valence-corrected chi connectivity index (χ3v) is 8.81. The number of methoxy groups -OCH3 is 3. The number of aryl methyl sites for hydroxylation is 2. The lowest BCUT2D eigenvalue weighted by atomic mass is 9.73. The van der Waals surface area contributed by atoms with Gasteiger partial charge in [-0.3, -0.25) is 24.2 Å². The Hall–Kier alpha value is -3.21. The van der Waals surface area contributed by atoms with Crippen molar-refractivity contribution < 1.29 is 33.3 Å². The number of ether oxygens (including phenoxy) is 4. The van der Waals surface area contributed by atoms with Crippen molar-refractivity contribution in [1.82, 2.24) is 15.1 Å². The van der Waals surface area contributed by atoms with E-state index in [1.807, 2.05) is 20.8 Å². The quantitative estimate of drug-likeness (QED) is 0.333. The average molecular weight is 600 g/mol. The van der Waals surface area contributed by atoms with Gasteiger partial charge in [0.25, 0.3) is 0 Å². The smallest absolute Gasteiger partial charge is 0.226 e. The lowest BCUT2D eigenvalue weighted by Gasteiger charge is -2.56. The van der Waals surface area contributed by atoms with Crippen LogP contribution in [0.25, 0.3) is 0 Å². The highest BCUT2D eigenvalue weighted by Gasteiger charge is 2.52. The van der Waals surface area contributed by atoms with Crippen LogP contribution in [-0.4, -0.2) is 93.7 Å². The van der Waals surface area contributed by atoms with E-state index in [9.17, 15) is 14.4 Å². The molecule has 0 spiro atoms. The molecule has 10 heteroatoms. The van der Waals surface area contributed by atoms with Crippen molar-refractivity contribution in [1.29, 1.82) is 0 Å². The van der Waals surface area contributed by atoms with E-state index in [4.69, 9.17) is 18.9 Å². The molecule has 0 radical (unpaired) electrons. The van der Waals surface area contributed by atoms with E-state index >= 15 is 0 Å². The predicted octanol–water partition coefficient (Wildman–Crippen LogP) is 4.03. The number of allylic oxidation sites excluding steroid dienone is 2. The van der Waals surface area contributed by atoms with E-state index in [0.29, 0.717) is 41.2 Å². The van der Waals surface area contributed by atoms with E-state index in [0.717, 1.165) is 23.1 Å². The van der Waals surface area contributed by atoms with Crippen LogP contribution in [0.4, 0.5) is 0 Å². The normalized spacial score (nSPS) is 24.2. The molecule has 43 heavy (non-hydrogen) atoms. The minimum absolute atomic E-state index is 0.0471. The second kappa shape index (κ2) is 14.5. The van der Waals surface area contributed by atoms with Crippen molar-refractivity contribution in [3.8, 4) is 11.5 Å². The van der Waals surface area contributed by atoms with Crippen LogP contribution in [0.3, 0.4) is 0 Å². The van der Waals surface area contributed by atoms with Crippen molar-refractivity contribution in [2.45, 2.75) is 85.5 Å². The van der Waals surface area contributed by atoms with E-state index in [2.05, 4.69) is 42.1 Å². The zero-order chi connectivity index (χ0) is 32.2. The number of Topliss-reactive ketones (excluding diaryl/α,β-unsaturated/α-hetero) is 2. The number of ketones is 2. The maximum atomic E-state index is 13.8. The predicted molar refractivity (Wildman–Crippen MR) is 165 cm³/mol. The zero-order valence-electron chi connectivity index (χ0n) is 27.7. The third-order valence-electron chi connectivity index (χ3n) is 8.81. The van der Waals surface area contributed by atoms with Crippen LogP contribution in [0.15, 0.2) is 28.5 Å². The van der Waals surface area contributed by atoms with Crippen molar-refractivity contribution in [2.75, 3.05) is 48.3 Å². The van der Waals surface area contributed by atoms with Gasteiger partial charge in [-0.25, -0.2) is 0 Å². The Balaban J connectivity index is 0.00000248. The van der Waals surface area contributed by atoms with Crippen LogP contribution in [0, 0.1) is 13.8 Å². The molecular weight excluding hydrogens is 550 g/mol. The molecule has 1 amide bonds. The fourth-order valence-corrected chi connectivity index (χ4v) is 6.94. The molecule has 1 N–H and O–H groups in total. The summed E-state index contributed by atoms with van der Waals surface area (Å²) in [6.45, 7) is 14.2. The number of benzene rings is 1. The molecule has 1 aromatic rings. The monoisotopic (exact) mass is 599 g/mol. The first-order valence-electron chi connectivity index (χ1n) is 15.1. The number of rotatable bonds is 9. The number of hydrogen-bond acceptors (Lipinski definition) is 9. The molecule has 4 rings (SSSR count). The average Bonchev–Trinajstić information content (AvgIpc) is 2.98. The SMILES string of the molecule is CC.CC[C@H]1CN2C(CC3=C(C(=O)C(OC)=C(C)C3=O)[C@@H]2CNC(C)=O)[C@@H](c2c(C)cc(C)c(OC)c2OCOC)N1C. The Labute approximate surface area is 256 Å². The lowest BCUT2D eigenvalue weighted by molar-refractivity contribution is -0.122. The van der Waals surface area contributed by atoms with Crippen molar-refractivity contribution >= 4 is 17.5 Å². The fourth-order valence-electron chi connectivity index (χ4n) is 6.94. The standard InChI is InChI=1S/C31H43N3O7.C2H6/c1-10-20-14-34-22(26(33(20)6)24-16(2)11-17(3)29(39-8)31(24)41-15-38-7)12-21-25(23(34)13-32-19(5)35)28(37)30(40-9)18(4)27(21)36;1-2/h11,20,22-23,26H,10,12-15H2,1-9H3,(H,32,35);1-2H3/t20-,22?,23-,26-;/m0./s1. The fraction of sp³-hybridized carbons (Fsp3) is 0.606. The van der Waals surface area contributed by atoms with Gasteiger partial charge in [0.2, 0.25) is 11.7 Å². The van der Waals surface area contributed by atoms with Crippen LogP contribution in [-0.2, 0) is 23.9 Å². The summed E-state index contributed by atoms with van der Waals surface area (Å²) >= 11 is 0. The maximum absolute atomic E-state index is 13.8. The highest BCUT2D eigenvalue weighted by molar-refractivity contribution is 6.25. The summed E-state index contributed by atoms with van der Waals surface area (Å²) in [6.07, 6.45) is 1.23.